The Morgan fingerprint density at radius 2 is 1.58 bits per heavy atom. The van der Waals surface area contributed by atoms with Crippen LogP contribution in [0.3, 0.4) is 0 Å². The first-order valence-electron chi connectivity index (χ1n) is 7.46. The van der Waals surface area contributed by atoms with Crippen LogP contribution >= 0.6 is 19.2 Å². The smallest absolute Gasteiger partial charge is 0.362 e. The van der Waals surface area contributed by atoms with E-state index in [4.69, 9.17) is 25.4 Å². The number of esters is 1. The van der Waals surface area contributed by atoms with Crippen LogP contribution in [-0.4, -0.2) is 19.2 Å². The summed E-state index contributed by atoms with van der Waals surface area (Å²) < 4.78 is 28.9. The number of halogens is 1. The van der Waals surface area contributed by atoms with E-state index in [0.717, 1.165) is 0 Å². The molecule has 0 N–H and O–H groups in total. The quantitative estimate of drug-likeness (QED) is 0.410. The Hall–Kier alpha value is -1.65. The highest BCUT2D eigenvalue weighted by molar-refractivity contribution is 7.62. The largest absolute Gasteiger partial charge is 0.423 e. The summed E-state index contributed by atoms with van der Waals surface area (Å²) in [7, 11) is -3.60. The highest BCUT2D eigenvalue weighted by Gasteiger charge is 2.32. The highest BCUT2D eigenvalue weighted by Crippen LogP contribution is 2.47. The normalized spacial score (nSPS) is 11.3. The van der Waals surface area contributed by atoms with E-state index in [1.165, 1.54) is 6.07 Å². The minimum atomic E-state index is -3.60. The first kappa shape index (κ1) is 18.7. The summed E-state index contributed by atoms with van der Waals surface area (Å²) in [5.41, 5.74) is 0.137. The molecule has 0 atom stereocenters. The first-order valence-corrected chi connectivity index (χ1v) is 9.38. The highest BCUT2D eigenvalue weighted by atomic mass is 35.5. The van der Waals surface area contributed by atoms with Crippen molar-refractivity contribution in [2.24, 2.45) is 0 Å². The molecule has 24 heavy (non-hydrogen) atoms. The van der Waals surface area contributed by atoms with E-state index in [2.05, 4.69) is 0 Å². The third kappa shape index (κ3) is 4.46. The van der Waals surface area contributed by atoms with Crippen LogP contribution in [0.5, 0.6) is 5.75 Å². The minimum Gasteiger partial charge on any atom is -0.423 e. The Morgan fingerprint density at radius 1 is 1.00 bits per heavy atom. The molecule has 0 aliphatic heterocycles. The molecule has 0 radical (unpaired) electrons. The number of hydrogen-bond donors (Lipinski definition) is 0. The molecular weight excluding hydrogens is 351 g/mol. The van der Waals surface area contributed by atoms with E-state index in [9.17, 15) is 9.36 Å². The Bertz CT molecular complexity index is 735. The second-order valence-electron chi connectivity index (χ2n) is 4.69. The molecule has 7 heteroatoms. The molecule has 0 bridgehead atoms. The molecule has 0 aromatic heterocycles. The lowest BCUT2D eigenvalue weighted by Gasteiger charge is -2.19. The van der Waals surface area contributed by atoms with Gasteiger partial charge in [-0.2, -0.15) is 0 Å². The third-order valence-corrected chi connectivity index (χ3v) is 5.47. The number of carbonyl (C=O) groups excluding carboxylic acids is 1. The van der Waals surface area contributed by atoms with E-state index < -0.39 is 13.6 Å². The fraction of sp³-hybridized carbons (Fsp3) is 0.235. The summed E-state index contributed by atoms with van der Waals surface area (Å²) in [6, 6.07) is 12.8. The van der Waals surface area contributed by atoms with Crippen molar-refractivity contribution >= 4 is 30.5 Å². The van der Waals surface area contributed by atoms with Crippen LogP contribution in [0, 0.1) is 0 Å². The molecule has 0 unspecified atom stereocenters. The third-order valence-electron chi connectivity index (χ3n) is 3.04. The molecule has 0 spiro atoms. The van der Waals surface area contributed by atoms with Crippen LogP contribution in [0.25, 0.3) is 0 Å². The van der Waals surface area contributed by atoms with E-state index in [-0.39, 0.29) is 24.1 Å². The van der Waals surface area contributed by atoms with E-state index >= 15 is 0 Å². The predicted molar refractivity (Wildman–Crippen MR) is 93.3 cm³/mol. The Kier molecular flexibility index (Phi) is 6.58. The lowest BCUT2D eigenvalue weighted by atomic mass is 10.2. The maximum absolute atomic E-state index is 13.0. The van der Waals surface area contributed by atoms with Crippen molar-refractivity contribution in [3.8, 4) is 5.75 Å². The molecule has 0 heterocycles. The van der Waals surface area contributed by atoms with Gasteiger partial charge in [0.15, 0.2) is 0 Å². The monoisotopic (exact) mass is 368 g/mol. The zero-order valence-electron chi connectivity index (χ0n) is 13.4. The van der Waals surface area contributed by atoms with Crippen molar-refractivity contribution in [2.75, 3.05) is 13.2 Å². The van der Waals surface area contributed by atoms with Gasteiger partial charge in [0.1, 0.15) is 5.75 Å². The minimum absolute atomic E-state index is 0.137. The van der Waals surface area contributed by atoms with Crippen molar-refractivity contribution in [2.45, 2.75) is 13.8 Å². The zero-order valence-corrected chi connectivity index (χ0v) is 15.0. The Labute approximate surface area is 146 Å². The van der Waals surface area contributed by atoms with Crippen LogP contribution in [0.1, 0.15) is 24.2 Å². The number of carbonyl (C=O) groups is 1. The Balaban J connectivity index is 2.35. The van der Waals surface area contributed by atoms with Gasteiger partial charge in [0.2, 0.25) is 0 Å². The van der Waals surface area contributed by atoms with Gasteiger partial charge in [0.05, 0.1) is 24.1 Å². The van der Waals surface area contributed by atoms with Gasteiger partial charge >= 0.3 is 13.6 Å². The molecule has 0 saturated carbocycles. The molecule has 0 aliphatic carbocycles. The van der Waals surface area contributed by atoms with Gasteiger partial charge in [0.25, 0.3) is 0 Å². The molecule has 5 nitrogen and oxygen atoms in total. The van der Waals surface area contributed by atoms with Gasteiger partial charge in [0, 0.05) is 5.02 Å². The molecule has 128 valence electrons. The van der Waals surface area contributed by atoms with Gasteiger partial charge < -0.3 is 13.8 Å². The number of benzene rings is 2. The molecule has 2 aromatic carbocycles. The summed E-state index contributed by atoms with van der Waals surface area (Å²) in [6.07, 6.45) is 0. The standard InChI is InChI=1S/C17H18ClO5P/c1-3-21-24(20,22-4-2)16-8-6-5-7-15(16)17(19)23-14-11-9-13(18)10-12-14/h5-12H,3-4H2,1-2H3. The topological polar surface area (TPSA) is 61.8 Å². The number of ether oxygens (including phenoxy) is 1. The summed E-state index contributed by atoms with van der Waals surface area (Å²) in [5, 5.41) is 0.722. The van der Waals surface area contributed by atoms with Crippen LogP contribution in [0.4, 0.5) is 0 Å². The van der Waals surface area contributed by atoms with E-state index in [1.54, 1.807) is 56.3 Å². The van der Waals surface area contributed by atoms with Gasteiger partial charge in [-0.25, -0.2) is 4.79 Å². The van der Waals surface area contributed by atoms with Crippen molar-refractivity contribution in [3.63, 3.8) is 0 Å². The average Bonchev–Trinajstić information content (AvgIpc) is 2.57. The molecular formula is C17H18ClO5P. The molecule has 0 amide bonds. The maximum Gasteiger partial charge on any atom is 0.362 e. The second-order valence-corrected chi connectivity index (χ2v) is 7.12. The molecule has 0 saturated heterocycles. The van der Waals surface area contributed by atoms with Crippen molar-refractivity contribution < 1.29 is 23.1 Å². The maximum atomic E-state index is 13.0. The van der Waals surface area contributed by atoms with Crippen molar-refractivity contribution in [3.05, 3.63) is 59.1 Å². The van der Waals surface area contributed by atoms with Crippen LogP contribution < -0.4 is 10.0 Å². The van der Waals surface area contributed by atoms with Gasteiger partial charge in [-0.05, 0) is 50.2 Å². The molecule has 2 aromatic rings. The van der Waals surface area contributed by atoms with E-state index in [1.807, 2.05) is 0 Å². The van der Waals surface area contributed by atoms with Crippen LogP contribution in [-0.2, 0) is 13.6 Å². The van der Waals surface area contributed by atoms with E-state index in [0.29, 0.717) is 10.8 Å². The summed E-state index contributed by atoms with van der Waals surface area (Å²) in [4.78, 5) is 12.5. The summed E-state index contributed by atoms with van der Waals surface area (Å²) in [5.74, 6) is -0.311. The average molecular weight is 369 g/mol. The number of hydrogen-bond acceptors (Lipinski definition) is 5. The fourth-order valence-electron chi connectivity index (χ4n) is 2.07. The fourth-order valence-corrected chi connectivity index (χ4v) is 3.95. The van der Waals surface area contributed by atoms with Gasteiger partial charge in [-0.15, -0.1) is 0 Å². The summed E-state index contributed by atoms with van der Waals surface area (Å²) in [6.45, 7) is 3.80. The molecule has 2 rings (SSSR count). The van der Waals surface area contributed by atoms with Crippen LogP contribution in [0.15, 0.2) is 48.5 Å². The van der Waals surface area contributed by atoms with Gasteiger partial charge in [-0.3, -0.25) is 4.57 Å². The molecule has 0 fully saturated rings. The SMILES string of the molecule is CCOP(=O)(OCC)c1ccccc1C(=O)Oc1ccc(Cl)cc1. The Morgan fingerprint density at radius 3 is 2.17 bits per heavy atom. The van der Waals surface area contributed by atoms with Crippen molar-refractivity contribution in [1.82, 2.24) is 0 Å². The first-order chi connectivity index (χ1) is 11.5. The number of rotatable bonds is 7. The predicted octanol–water partition coefficient (Wildman–Crippen LogP) is 4.45. The lowest BCUT2D eigenvalue weighted by Crippen LogP contribution is -2.22. The molecule has 0 aliphatic rings. The summed E-state index contributed by atoms with van der Waals surface area (Å²) >= 11 is 5.81. The zero-order chi connectivity index (χ0) is 17.6. The van der Waals surface area contributed by atoms with Gasteiger partial charge in [-0.1, -0.05) is 23.7 Å². The second kappa shape index (κ2) is 8.45. The van der Waals surface area contributed by atoms with Crippen LogP contribution in [0.2, 0.25) is 5.02 Å². The lowest BCUT2D eigenvalue weighted by molar-refractivity contribution is 0.0735. The van der Waals surface area contributed by atoms with Crippen molar-refractivity contribution in [1.29, 1.82) is 0 Å².